The fourth-order valence-electron chi connectivity index (χ4n) is 2.14. The minimum atomic E-state index is -0.150. The third-order valence-electron chi connectivity index (χ3n) is 3.09. The lowest BCUT2D eigenvalue weighted by Gasteiger charge is -2.18. The standard InChI is InChI=1S/C13H16BO2P.C2H6/c1-15-12-7-11(9-5-3-2-4-6-9)16-13(12)10(14)8-17;1-2/h2-6,8,11-13H,7,17H2,1H3;1-2H3/b10-8-;/t11?,12-,13?;/m0./s1. The highest BCUT2D eigenvalue weighted by atomic mass is 31.0. The van der Waals surface area contributed by atoms with Crippen molar-refractivity contribution >= 4 is 17.1 Å². The Balaban J connectivity index is 0.000000861. The fraction of sp³-hybridized carbons (Fsp3) is 0.467. The Labute approximate surface area is 120 Å². The lowest BCUT2D eigenvalue weighted by molar-refractivity contribution is 0.0195. The molecule has 1 fully saturated rings. The summed E-state index contributed by atoms with van der Waals surface area (Å²) in [5.74, 6) is 1.80. The van der Waals surface area contributed by atoms with E-state index in [4.69, 9.17) is 17.3 Å². The van der Waals surface area contributed by atoms with E-state index in [1.807, 2.05) is 32.0 Å². The molecule has 1 aromatic carbocycles. The average molecular weight is 276 g/mol. The van der Waals surface area contributed by atoms with Crippen LogP contribution in [0.5, 0.6) is 0 Å². The quantitative estimate of drug-likeness (QED) is 0.622. The maximum absolute atomic E-state index is 5.97. The highest BCUT2D eigenvalue weighted by molar-refractivity contribution is 7.21. The van der Waals surface area contributed by atoms with Crippen molar-refractivity contribution in [1.82, 2.24) is 0 Å². The van der Waals surface area contributed by atoms with Crippen molar-refractivity contribution in [2.75, 3.05) is 7.11 Å². The smallest absolute Gasteiger partial charge is 0.111 e. The van der Waals surface area contributed by atoms with Gasteiger partial charge in [-0.3, -0.25) is 0 Å². The summed E-state index contributed by atoms with van der Waals surface area (Å²) >= 11 is 0. The van der Waals surface area contributed by atoms with Gasteiger partial charge in [0.05, 0.1) is 18.3 Å². The Morgan fingerprint density at radius 3 is 2.53 bits per heavy atom. The van der Waals surface area contributed by atoms with Crippen LogP contribution >= 0.6 is 9.24 Å². The SMILES string of the molecule is CC.[B]/C(=C\P)C1OC(c2ccccc2)C[C@@H]1OC. The van der Waals surface area contributed by atoms with Crippen LogP contribution < -0.4 is 0 Å². The molecule has 0 amide bonds. The first-order valence-corrected chi connectivity index (χ1v) is 7.33. The van der Waals surface area contributed by atoms with Gasteiger partial charge in [-0.15, -0.1) is 9.24 Å². The molecule has 3 unspecified atom stereocenters. The summed E-state index contributed by atoms with van der Waals surface area (Å²) in [5.41, 5.74) is 1.88. The molecule has 1 aromatic rings. The van der Waals surface area contributed by atoms with Crippen molar-refractivity contribution in [3.63, 3.8) is 0 Å². The molecule has 2 radical (unpaired) electrons. The van der Waals surface area contributed by atoms with Gasteiger partial charge in [-0.25, -0.2) is 0 Å². The maximum Gasteiger partial charge on any atom is 0.111 e. The molecule has 0 saturated carbocycles. The van der Waals surface area contributed by atoms with Crippen LogP contribution in [0, 0.1) is 0 Å². The largest absolute Gasteiger partial charge is 0.378 e. The van der Waals surface area contributed by atoms with E-state index >= 15 is 0 Å². The molecule has 4 atom stereocenters. The third-order valence-corrected chi connectivity index (χ3v) is 3.47. The van der Waals surface area contributed by atoms with Crippen molar-refractivity contribution in [3.8, 4) is 0 Å². The Morgan fingerprint density at radius 2 is 2.00 bits per heavy atom. The van der Waals surface area contributed by atoms with Gasteiger partial charge in [0.15, 0.2) is 0 Å². The normalized spacial score (nSPS) is 26.7. The Hall–Kier alpha value is -0.625. The number of rotatable bonds is 3. The molecule has 2 rings (SSSR count). The van der Waals surface area contributed by atoms with Crippen LogP contribution in [0.25, 0.3) is 0 Å². The lowest BCUT2D eigenvalue weighted by atomic mass is 9.89. The predicted molar refractivity (Wildman–Crippen MR) is 84.4 cm³/mol. The lowest BCUT2D eigenvalue weighted by Crippen LogP contribution is -2.25. The highest BCUT2D eigenvalue weighted by Gasteiger charge is 2.36. The summed E-state index contributed by atoms with van der Waals surface area (Å²) in [4.78, 5) is 0. The van der Waals surface area contributed by atoms with Crippen LogP contribution in [0.3, 0.4) is 0 Å². The van der Waals surface area contributed by atoms with Gasteiger partial charge in [-0.2, -0.15) is 0 Å². The topological polar surface area (TPSA) is 18.5 Å². The van der Waals surface area contributed by atoms with Gasteiger partial charge in [0.25, 0.3) is 0 Å². The van der Waals surface area contributed by atoms with Crippen molar-refractivity contribution in [1.29, 1.82) is 0 Å². The Morgan fingerprint density at radius 1 is 1.37 bits per heavy atom. The van der Waals surface area contributed by atoms with Crippen molar-refractivity contribution in [3.05, 3.63) is 47.2 Å². The summed E-state index contributed by atoms with van der Waals surface area (Å²) in [6.07, 6.45) is 0.777. The highest BCUT2D eigenvalue weighted by Crippen LogP contribution is 2.36. The van der Waals surface area contributed by atoms with Gasteiger partial charge in [0.2, 0.25) is 0 Å². The van der Waals surface area contributed by atoms with E-state index in [9.17, 15) is 0 Å². The van der Waals surface area contributed by atoms with Gasteiger partial charge in [0.1, 0.15) is 7.85 Å². The van der Waals surface area contributed by atoms with Crippen LogP contribution in [0.1, 0.15) is 31.9 Å². The summed E-state index contributed by atoms with van der Waals surface area (Å²) in [5, 5.41) is 0. The van der Waals surface area contributed by atoms with E-state index in [-0.39, 0.29) is 18.3 Å². The molecular formula is C15H22BO2P. The number of ether oxygens (including phenoxy) is 2. The first-order valence-electron chi connectivity index (χ1n) is 6.66. The minimum absolute atomic E-state index is 0.0250. The Kier molecular flexibility index (Phi) is 7.37. The molecule has 0 bridgehead atoms. The molecule has 0 spiro atoms. The van der Waals surface area contributed by atoms with E-state index in [0.717, 1.165) is 6.42 Å². The molecule has 0 N–H and O–H groups in total. The predicted octanol–water partition coefficient (Wildman–Crippen LogP) is 3.44. The van der Waals surface area contributed by atoms with Gasteiger partial charge in [-0.05, 0) is 5.56 Å². The average Bonchev–Trinajstić information content (AvgIpc) is 2.93. The first-order chi connectivity index (χ1) is 9.26. The second kappa shape index (κ2) is 8.53. The van der Waals surface area contributed by atoms with Crippen molar-refractivity contribution in [2.45, 2.75) is 38.6 Å². The first kappa shape index (κ1) is 16.4. The third kappa shape index (κ3) is 4.17. The molecule has 4 heteroatoms. The molecule has 19 heavy (non-hydrogen) atoms. The van der Waals surface area contributed by atoms with Crippen LogP contribution in [-0.4, -0.2) is 27.2 Å². The molecular weight excluding hydrogens is 254 g/mol. The molecule has 2 nitrogen and oxygen atoms in total. The minimum Gasteiger partial charge on any atom is -0.378 e. The van der Waals surface area contributed by atoms with E-state index < -0.39 is 0 Å². The molecule has 0 aromatic heterocycles. The summed E-state index contributed by atoms with van der Waals surface area (Å²) in [7, 11) is 10.1. The summed E-state index contributed by atoms with van der Waals surface area (Å²) < 4.78 is 11.4. The summed E-state index contributed by atoms with van der Waals surface area (Å²) in [6, 6.07) is 10.2. The summed E-state index contributed by atoms with van der Waals surface area (Å²) in [6.45, 7) is 4.00. The van der Waals surface area contributed by atoms with Crippen LogP contribution in [-0.2, 0) is 9.47 Å². The zero-order valence-electron chi connectivity index (χ0n) is 11.9. The van der Waals surface area contributed by atoms with E-state index in [0.29, 0.717) is 5.47 Å². The second-order valence-corrected chi connectivity index (χ2v) is 4.47. The zero-order chi connectivity index (χ0) is 14.3. The van der Waals surface area contributed by atoms with E-state index in [1.54, 1.807) is 12.9 Å². The van der Waals surface area contributed by atoms with Crippen LogP contribution in [0.15, 0.2) is 41.6 Å². The van der Waals surface area contributed by atoms with Crippen LogP contribution in [0.4, 0.5) is 0 Å². The molecule has 1 saturated heterocycles. The van der Waals surface area contributed by atoms with Gasteiger partial charge >= 0.3 is 0 Å². The number of methoxy groups -OCH3 is 1. The second-order valence-electron chi connectivity index (χ2n) is 4.13. The van der Waals surface area contributed by atoms with Gasteiger partial charge in [0, 0.05) is 13.5 Å². The van der Waals surface area contributed by atoms with E-state index in [1.165, 1.54) is 5.56 Å². The molecule has 1 aliphatic rings. The fourth-order valence-corrected chi connectivity index (χ4v) is 2.33. The molecule has 0 aliphatic carbocycles. The van der Waals surface area contributed by atoms with Gasteiger partial charge in [-0.1, -0.05) is 55.5 Å². The number of hydrogen-bond donors (Lipinski definition) is 0. The Bertz CT molecular complexity index is 394. The molecule has 1 heterocycles. The van der Waals surface area contributed by atoms with Crippen LogP contribution in [0.2, 0.25) is 0 Å². The zero-order valence-corrected chi connectivity index (χ0v) is 13.0. The van der Waals surface area contributed by atoms with Crippen molar-refractivity contribution in [2.24, 2.45) is 0 Å². The number of hydrogen-bond acceptors (Lipinski definition) is 2. The van der Waals surface area contributed by atoms with Crippen molar-refractivity contribution < 1.29 is 9.47 Å². The van der Waals surface area contributed by atoms with E-state index in [2.05, 4.69) is 21.4 Å². The monoisotopic (exact) mass is 276 g/mol. The number of benzene rings is 1. The molecule has 102 valence electrons. The molecule has 1 aliphatic heterocycles. The van der Waals surface area contributed by atoms with Gasteiger partial charge < -0.3 is 9.47 Å². The maximum atomic E-state index is 5.97.